The molecule has 3 aromatic carbocycles. The number of sulfone groups is 1. The number of methoxy groups -OCH3 is 2. The van der Waals surface area contributed by atoms with Crippen LogP contribution in [0.25, 0.3) is 10.8 Å². The smallest absolute Gasteiger partial charge is 0.411 e. The fraction of sp³-hybridized carbons (Fsp3) is 0.303. The van der Waals surface area contributed by atoms with E-state index in [1.807, 2.05) is 24.3 Å². The van der Waals surface area contributed by atoms with E-state index < -0.39 is 33.3 Å². The normalized spacial score (nSPS) is 15.5. The monoisotopic (exact) mass is 665 g/mol. The first-order valence-electron chi connectivity index (χ1n) is 14.7. The Bertz CT molecular complexity index is 1900. The van der Waals surface area contributed by atoms with Crippen LogP contribution in [0.15, 0.2) is 71.8 Å². The Hall–Kier alpha value is -4.55. The van der Waals surface area contributed by atoms with Crippen LogP contribution < -0.4 is 21.1 Å². The summed E-state index contributed by atoms with van der Waals surface area (Å²) in [5, 5.41) is 7.32. The highest BCUT2D eigenvalue weighted by Crippen LogP contribution is 2.41. The molecule has 46 heavy (non-hydrogen) atoms. The van der Waals surface area contributed by atoms with Gasteiger partial charge in [0.05, 0.1) is 35.4 Å². The first-order chi connectivity index (χ1) is 21.9. The van der Waals surface area contributed by atoms with Gasteiger partial charge in [-0.15, -0.1) is 0 Å². The lowest BCUT2D eigenvalue weighted by atomic mass is 10.0. The van der Waals surface area contributed by atoms with Crippen molar-refractivity contribution < 1.29 is 27.5 Å². The fourth-order valence-electron chi connectivity index (χ4n) is 5.69. The van der Waals surface area contributed by atoms with Crippen molar-refractivity contribution in [2.24, 2.45) is 0 Å². The number of hydrogen-bond donors (Lipinski definition) is 3. The number of carbonyl (C=O) groups is 2. The summed E-state index contributed by atoms with van der Waals surface area (Å²) in [6, 6.07) is 15.6. The van der Waals surface area contributed by atoms with Gasteiger partial charge in [0.2, 0.25) is 5.91 Å². The lowest BCUT2D eigenvalue weighted by molar-refractivity contribution is -0.133. The minimum atomic E-state index is -3.75. The standard InChI is InChI=1S/C33H36ClN5O6S/c1-19(2)46(42,43)29-12-9-23(38-33(41)45-4)18-25(29)27-6-5-15-39(27)32(40)30(21-7-11-26(34)28(17-21)44-3)37-22-8-10-24-20(16-22)13-14-36-31(24)35/h7-14,16-19,27,30,37H,5-6,15H2,1-4H3,(H2,35,36)(H,38,41)/t27-,30+/m1/s1. The highest BCUT2D eigenvalue weighted by Gasteiger charge is 2.38. The molecule has 1 aliphatic rings. The Kier molecular flexibility index (Phi) is 9.59. The average Bonchev–Trinajstić information content (AvgIpc) is 3.53. The number of likely N-dealkylation sites (tertiary alicyclic amines) is 1. The number of halogens is 1. The van der Waals surface area contributed by atoms with Crippen LogP contribution in [0.2, 0.25) is 5.02 Å². The quantitative estimate of drug-likeness (QED) is 0.185. The number of rotatable bonds is 9. The Balaban J connectivity index is 1.59. The molecule has 11 nitrogen and oxygen atoms in total. The molecule has 4 aromatic rings. The highest BCUT2D eigenvalue weighted by molar-refractivity contribution is 7.92. The van der Waals surface area contributed by atoms with Gasteiger partial charge in [-0.1, -0.05) is 17.7 Å². The third-order valence-electron chi connectivity index (χ3n) is 8.13. The van der Waals surface area contributed by atoms with Crippen LogP contribution in [0.4, 0.5) is 22.0 Å². The van der Waals surface area contributed by atoms with Crippen LogP contribution >= 0.6 is 11.6 Å². The molecular weight excluding hydrogens is 630 g/mol. The van der Waals surface area contributed by atoms with Crippen LogP contribution in [0.5, 0.6) is 5.75 Å². The van der Waals surface area contributed by atoms with Gasteiger partial charge < -0.3 is 25.4 Å². The molecule has 0 aliphatic carbocycles. The van der Waals surface area contributed by atoms with Gasteiger partial charge in [0.25, 0.3) is 0 Å². The number of amides is 2. The van der Waals surface area contributed by atoms with Crippen LogP contribution in [-0.4, -0.2) is 56.3 Å². The maximum Gasteiger partial charge on any atom is 0.411 e. The molecule has 0 unspecified atom stereocenters. The van der Waals surface area contributed by atoms with Gasteiger partial charge in [-0.3, -0.25) is 10.1 Å². The van der Waals surface area contributed by atoms with Crippen molar-refractivity contribution >= 4 is 61.4 Å². The van der Waals surface area contributed by atoms with Gasteiger partial charge in [-0.05, 0) is 97.8 Å². The number of carbonyl (C=O) groups excluding carboxylic acids is 2. The maximum atomic E-state index is 14.7. The van der Waals surface area contributed by atoms with E-state index in [2.05, 4.69) is 15.6 Å². The van der Waals surface area contributed by atoms with E-state index in [0.717, 1.165) is 10.8 Å². The van der Waals surface area contributed by atoms with Crippen molar-refractivity contribution in [3.63, 3.8) is 0 Å². The summed E-state index contributed by atoms with van der Waals surface area (Å²) in [6.07, 6.45) is 2.09. The van der Waals surface area contributed by atoms with E-state index in [4.69, 9.17) is 26.8 Å². The molecule has 1 saturated heterocycles. The molecule has 1 aromatic heterocycles. The number of pyridine rings is 1. The molecule has 0 spiro atoms. The maximum absolute atomic E-state index is 14.7. The zero-order chi connectivity index (χ0) is 33.2. The molecule has 1 aliphatic heterocycles. The third kappa shape index (κ3) is 6.54. The van der Waals surface area contributed by atoms with E-state index in [-0.39, 0.29) is 10.8 Å². The Morgan fingerprint density at radius 1 is 1.04 bits per heavy atom. The number of nitrogens with one attached hydrogen (secondary N) is 2. The van der Waals surface area contributed by atoms with Crippen LogP contribution in [0, 0.1) is 0 Å². The number of fused-ring (bicyclic) bond motifs is 1. The number of nitrogens with two attached hydrogens (primary N) is 1. The van der Waals surface area contributed by atoms with E-state index in [1.54, 1.807) is 49.2 Å². The topological polar surface area (TPSA) is 153 Å². The molecule has 0 bridgehead atoms. The number of nitrogen functional groups attached to an aromatic ring is 1. The van der Waals surface area contributed by atoms with Crippen molar-refractivity contribution in [2.45, 2.75) is 48.9 Å². The lowest BCUT2D eigenvalue weighted by Crippen LogP contribution is -2.38. The molecule has 2 amide bonds. The molecular formula is C33H36ClN5O6S. The Morgan fingerprint density at radius 2 is 1.80 bits per heavy atom. The van der Waals surface area contributed by atoms with Crippen molar-refractivity contribution in [3.8, 4) is 5.75 Å². The second-order valence-corrected chi connectivity index (χ2v) is 14.1. The van der Waals surface area contributed by atoms with Crippen molar-refractivity contribution in [1.29, 1.82) is 0 Å². The third-order valence-corrected chi connectivity index (χ3v) is 10.7. The fourth-order valence-corrected chi connectivity index (χ4v) is 7.17. The molecule has 0 saturated carbocycles. The zero-order valence-corrected chi connectivity index (χ0v) is 27.5. The summed E-state index contributed by atoms with van der Waals surface area (Å²) < 4.78 is 37.3. The SMILES string of the molecule is COC(=O)Nc1ccc(S(=O)(=O)C(C)C)c([C@H]2CCCN2C(=O)[C@@H](Nc2ccc3c(N)nccc3c2)c2ccc(Cl)c(OC)c2)c1. The van der Waals surface area contributed by atoms with Crippen LogP contribution in [0.1, 0.15) is 49.9 Å². The first kappa shape index (κ1) is 32.8. The van der Waals surface area contributed by atoms with Crippen molar-refractivity contribution in [3.05, 3.63) is 83.0 Å². The number of ether oxygens (including phenoxy) is 2. The van der Waals surface area contributed by atoms with Gasteiger partial charge in [0.15, 0.2) is 9.84 Å². The lowest BCUT2D eigenvalue weighted by Gasteiger charge is -2.32. The molecule has 2 heterocycles. The van der Waals surface area contributed by atoms with E-state index >= 15 is 0 Å². The summed E-state index contributed by atoms with van der Waals surface area (Å²) in [5.41, 5.74) is 8.10. The average molecular weight is 666 g/mol. The summed E-state index contributed by atoms with van der Waals surface area (Å²) in [5.74, 6) is 0.525. The largest absolute Gasteiger partial charge is 0.495 e. The van der Waals surface area contributed by atoms with Gasteiger partial charge in [-0.25, -0.2) is 18.2 Å². The molecule has 4 N–H and O–H groups in total. The Morgan fingerprint density at radius 3 is 2.52 bits per heavy atom. The molecule has 242 valence electrons. The predicted molar refractivity (Wildman–Crippen MR) is 179 cm³/mol. The second-order valence-electron chi connectivity index (χ2n) is 11.3. The number of aromatic nitrogens is 1. The predicted octanol–water partition coefficient (Wildman–Crippen LogP) is 6.36. The molecule has 5 rings (SSSR count). The number of benzene rings is 3. The summed E-state index contributed by atoms with van der Waals surface area (Å²) in [6.45, 7) is 3.61. The van der Waals surface area contributed by atoms with Gasteiger partial charge in [-0.2, -0.15) is 0 Å². The van der Waals surface area contributed by atoms with Crippen LogP contribution in [0.3, 0.4) is 0 Å². The summed E-state index contributed by atoms with van der Waals surface area (Å²) in [4.78, 5) is 32.6. The minimum absolute atomic E-state index is 0.112. The minimum Gasteiger partial charge on any atom is -0.495 e. The Labute approximate surface area is 272 Å². The van der Waals surface area contributed by atoms with E-state index in [0.29, 0.717) is 58.5 Å². The second kappa shape index (κ2) is 13.4. The number of anilines is 3. The van der Waals surface area contributed by atoms with E-state index in [9.17, 15) is 18.0 Å². The summed E-state index contributed by atoms with van der Waals surface area (Å²) in [7, 11) is -1.01. The molecule has 1 fully saturated rings. The highest BCUT2D eigenvalue weighted by atomic mass is 35.5. The van der Waals surface area contributed by atoms with Gasteiger partial charge in [0, 0.05) is 29.5 Å². The number of hydrogen-bond acceptors (Lipinski definition) is 9. The zero-order valence-electron chi connectivity index (χ0n) is 25.9. The van der Waals surface area contributed by atoms with E-state index in [1.165, 1.54) is 26.4 Å². The summed E-state index contributed by atoms with van der Waals surface area (Å²) >= 11 is 6.34. The molecule has 2 atom stereocenters. The number of nitrogens with zero attached hydrogens (tertiary/aromatic N) is 2. The first-order valence-corrected chi connectivity index (χ1v) is 16.6. The van der Waals surface area contributed by atoms with Gasteiger partial charge >= 0.3 is 6.09 Å². The van der Waals surface area contributed by atoms with Gasteiger partial charge in [0.1, 0.15) is 17.6 Å². The molecule has 0 radical (unpaired) electrons. The molecule has 13 heteroatoms. The van der Waals surface area contributed by atoms with Crippen molar-refractivity contribution in [1.82, 2.24) is 9.88 Å². The van der Waals surface area contributed by atoms with Crippen molar-refractivity contribution in [2.75, 3.05) is 37.1 Å². The van der Waals surface area contributed by atoms with Crippen LogP contribution in [-0.2, 0) is 19.4 Å².